The van der Waals surface area contributed by atoms with Crippen LogP contribution in [0.5, 0.6) is 0 Å². The van der Waals surface area contributed by atoms with Crippen LogP contribution in [0.3, 0.4) is 0 Å². The van der Waals surface area contributed by atoms with Crippen molar-refractivity contribution in [3.63, 3.8) is 0 Å². The smallest absolute Gasteiger partial charge is 0.347 e. The summed E-state index contributed by atoms with van der Waals surface area (Å²) in [4.78, 5) is 25.6. The molecular formula is C16H16F3N3O2. The third-order valence-corrected chi connectivity index (χ3v) is 3.85. The summed E-state index contributed by atoms with van der Waals surface area (Å²) in [5, 5.41) is 10.7. The number of halogens is 3. The Labute approximate surface area is 137 Å². The third kappa shape index (κ3) is 4.72. The van der Waals surface area contributed by atoms with Gasteiger partial charge in [0.2, 0.25) is 5.91 Å². The number of carbonyl (C=O) groups is 2. The van der Waals surface area contributed by atoms with Gasteiger partial charge in [0.05, 0.1) is 11.6 Å². The van der Waals surface area contributed by atoms with E-state index in [-0.39, 0.29) is 5.91 Å². The molecule has 1 fully saturated rings. The Morgan fingerprint density at radius 2 is 1.96 bits per heavy atom. The zero-order valence-electron chi connectivity index (χ0n) is 12.8. The first-order valence-electron chi connectivity index (χ1n) is 7.44. The quantitative estimate of drug-likeness (QED) is 0.916. The molecule has 2 rings (SSSR count). The summed E-state index contributed by atoms with van der Waals surface area (Å²) in [6, 6.07) is 8.26. The van der Waals surface area contributed by atoms with Crippen LogP contribution < -0.4 is 5.32 Å². The van der Waals surface area contributed by atoms with Crippen molar-refractivity contribution in [2.24, 2.45) is 5.92 Å². The molecule has 2 amide bonds. The van der Waals surface area contributed by atoms with Gasteiger partial charge in [0.15, 0.2) is 0 Å². The molecule has 128 valence electrons. The van der Waals surface area contributed by atoms with Crippen LogP contribution in [0.2, 0.25) is 0 Å². The second-order valence-corrected chi connectivity index (χ2v) is 5.59. The number of likely N-dealkylation sites (tertiary alicyclic amines) is 1. The lowest BCUT2D eigenvalue weighted by Gasteiger charge is -2.31. The molecule has 0 unspecified atom stereocenters. The molecule has 0 atom stereocenters. The minimum atomic E-state index is -4.43. The molecule has 0 radical (unpaired) electrons. The summed E-state index contributed by atoms with van der Waals surface area (Å²) >= 11 is 0. The van der Waals surface area contributed by atoms with Crippen LogP contribution in [-0.2, 0) is 4.79 Å². The molecule has 1 aliphatic rings. The summed E-state index contributed by atoms with van der Waals surface area (Å²) in [7, 11) is 0. The van der Waals surface area contributed by atoms with Crippen molar-refractivity contribution >= 4 is 11.8 Å². The lowest BCUT2D eigenvalue weighted by molar-refractivity contribution is -0.141. The molecule has 24 heavy (non-hydrogen) atoms. The maximum absolute atomic E-state index is 12.4. The fraction of sp³-hybridized carbons (Fsp3) is 0.438. The molecule has 0 spiro atoms. The number of nitrogens with one attached hydrogen (secondary N) is 1. The number of rotatable bonds is 3. The van der Waals surface area contributed by atoms with E-state index in [4.69, 9.17) is 5.26 Å². The van der Waals surface area contributed by atoms with Crippen molar-refractivity contribution in [3.8, 4) is 6.07 Å². The highest BCUT2D eigenvalue weighted by Crippen LogP contribution is 2.20. The van der Waals surface area contributed by atoms with Crippen LogP contribution >= 0.6 is 0 Å². The van der Waals surface area contributed by atoms with Crippen molar-refractivity contribution in [2.75, 3.05) is 19.6 Å². The number of alkyl halides is 3. The Morgan fingerprint density at radius 3 is 2.54 bits per heavy atom. The molecule has 0 saturated carbocycles. The van der Waals surface area contributed by atoms with Crippen molar-refractivity contribution < 1.29 is 22.8 Å². The topological polar surface area (TPSA) is 73.2 Å². The highest BCUT2D eigenvalue weighted by Gasteiger charge is 2.32. The predicted octanol–water partition coefficient (Wildman–Crippen LogP) is 2.09. The van der Waals surface area contributed by atoms with Crippen LogP contribution in [0.15, 0.2) is 24.3 Å². The maximum atomic E-state index is 12.4. The Bertz CT molecular complexity index is 659. The first-order chi connectivity index (χ1) is 11.3. The van der Waals surface area contributed by atoms with E-state index in [2.05, 4.69) is 0 Å². The second kappa shape index (κ2) is 7.34. The highest BCUT2D eigenvalue weighted by atomic mass is 19.4. The number of nitrogens with zero attached hydrogens (tertiary/aromatic N) is 2. The van der Waals surface area contributed by atoms with Gasteiger partial charge in [-0.05, 0) is 31.0 Å². The van der Waals surface area contributed by atoms with Crippen LogP contribution in [0.25, 0.3) is 0 Å². The molecule has 1 aromatic rings. The number of hydrogen-bond donors (Lipinski definition) is 1. The predicted molar refractivity (Wildman–Crippen MR) is 78.8 cm³/mol. The van der Waals surface area contributed by atoms with Gasteiger partial charge in [0.1, 0.15) is 6.54 Å². The van der Waals surface area contributed by atoms with Crippen LogP contribution in [0, 0.1) is 17.2 Å². The van der Waals surface area contributed by atoms with Crippen molar-refractivity contribution in [1.29, 1.82) is 5.26 Å². The van der Waals surface area contributed by atoms with E-state index in [9.17, 15) is 22.8 Å². The standard InChI is InChI=1S/C16H16F3N3O2/c17-16(18,19)10-21-14(23)12-4-6-22(7-5-12)15(24)13-3-1-2-11(8-13)9-20/h1-3,8,12H,4-7,10H2,(H,21,23). The molecule has 1 saturated heterocycles. The molecule has 5 nitrogen and oxygen atoms in total. The normalized spacial score (nSPS) is 15.7. The zero-order valence-corrected chi connectivity index (χ0v) is 12.8. The number of piperidine rings is 1. The molecular weight excluding hydrogens is 323 g/mol. The number of hydrogen-bond acceptors (Lipinski definition) is 3. The molecule has 1 aliphatic heterocycles. The van der Waals surface area contributed by atoms with Gasteiger partial charge in [-0.25, -0.2) is 0 Å². The van der Waals surface area contributed by atoms with E-state index in [0.717, 1.165) is 0 Å². The molecule has 0 aromatic heterocycles. The largest absolute Gasteiger partial charge is 0.405 e. The van der Waals surface area contributed by atoms with Gasteiger partial charge < -0.3 is 10.2 Å². The van der Waals surface area contributed by atoms with Crippen LogP contribution in [0.4, 0.5) is 13.2 Å². The first-order valence-corrected chi connectivity index (χ1v) is 7.44. The SMILES string of the molecule is N#Cc1cccc(C(=O)N2CCC(C(=O)NCC(F)(F)F)CC2)c1. The summed E-state index contributed by atoms with van der Waals surface area (Å²) in [5.74, 6) is -1.41. The van der Waals surface area contributed by atoms with Gasteiger partial charge in [-0.3, -0.25) is 9.59 Å². The Hall–Kier alpha value is -2.56. The van der Waals surface area contributed by atoms with Crippen molar-refractivity contribution in [2.45, 2.75) is 19.0 Å². The minimum absolute atomic E-state index is 0.249. The molecule has 0 bridgehead atoms. The van der Waals surface area contributed by atoms with Gasteiger partial charge in [-0.2, -0.15) is 18.4 Å². The average molecular weight is 339 g/mol. The molecule has 1 heterocycles. The Kier molecular flexibility index (Phi) is 5.44. The lowest BCUT2D eigenvalue weighted by Crippen LogP contribution is -2.44. The van der Waals surface area contributed by atoms with Crippen LogP contribution in [-0.4, -0.2) is 42.5 Å². The van der Waals surface area contributed by atoms with Gasteiger partial charge in [-0.1, -0.05) is 6.07 Å². The minimum Gasteiger partial charge on any atom is -0.347 e. The zero-order chi connectivity index (χ0) is 17.7. The van der Waals surface area contributed by atoms with Gasteiger partial charge >= 0.3 is 6.18 Å². The van der Waals surface area contributed by atoms with E-state index < -0.39 is 24.5 Å². The van der Waals surface area contributed by atoms with Gasteiger partial charge in [0, 0.05) is 24.6 Å². The van der Waals surface area contributed by atoms with Crippen molar-refractivity contribution in [1.82, 2.24) is 10.2 Å². The molecule has 1 N–H and O–H groups in total. The monoisotopic (exact) mass is 339 g/mol. The highest BCUT2D eigenvalue weighted by molar-refractivity contribution is 5.94. The maximum Gasteiger partial charge on any atom is 0.405 e. The molecule has 0 aliphatic carbocycles. The Morgan fingerprint density at radius 1 is 1.29 bits per heavy atom. The second-order valence-electron chi connectivity index (χ2n) is 5.59. The Balaban J connectivity index is 1.89. The summed E-state index contributed by atoms with van der Waals surface area (Å²) < 4.78 is 36.3. The van der Waals surface area contributed by atoms with E-state index in [1.165, 1.54) is 6.07 Å². The number of amides is 2. The fourth-order valence-electron chi connectivity index (χ4n) is 2.58. The van der Waals surface area contributed by atoms with Crippen molar-refractivity contribution in [3.05, 3.63) is 35.4 Å². The van der Waals surface area contributed by atoms with E-state index in [0.29, 0.717) is 37.1 Å². The fourth-order valence-corrected chi connectivity index (χ4v) is 2.58. The summed E-state index contributed by atoms with van der Waals surface area (Å²) in [6.07, 6.45) is -3.81. The first kappa shape index (κ1) is 17.8. The summed E-state index contributed by atoms with van der Waals surface area (Å²) in [6.45, 7) is -0.759. The number of benzene rings is 1. The summed E-state index contributed by atoms with van der Waals surface area (Å²) in [5.41, 5.74) is 0.760. The lowest BCUT2D eigenvalue weighted by atomic mass is 9.95. The van der Waals surface area contributed by atoms with Gasteiger partial charge in [0.25, 0.3) is 5.91 Å². The average Bonchev–Trinajstić information content (AvgIpc) is 2.58. The molecule has 1 aromatic carbocycles. The van der Waals surface area contributed by atoms with Gasteiger partial charge in [-0.15, -0.1) is 0 Å². The third-order valence-electron chi connectivity index (χ3n) is 3.85. The number of carbonyl (C=O) groups excluding carboxylic acids is 2. The number of nitriles is 1. The van der Waals surface area contributed by atoms with E-state index in [1.807, 2.05) is 11.4 Å². The van der Waals surface area contributed by atoms with E-state index in [1.54, 1.807) is 23.1 Å². The van der Waals surface area contributed by atoms with Crippen LogP contribution in [0.1, 0.15) is 28.8 Å². The van der Waals surface area contributed by atoms with E-state index >= 15 is 0 Å². The molecule has 8 heteroatoms.